The van der Waals surface area contributed by atoms with Gasteiger partial charge in [-0.2, -0.15) is 4.31 Å². The number of rotatable bonds is 6. The minimum Gasteiger partial charge on any atom is -0.485 e. The molecule has 1 atom stereocenters. The summed E-state index contributed by atoms with van der Waals surface area (Å²) in [5, 5.41) is 0. The maximum Gasteiger partial charge on any atom is 0.243 e. The number of aryl methyl sites for hydroxylation is 2. The molecule has 2 aromatic carbocycles. The van der Waals surface area contributed by atoms with Crippen LogP contribution in [0.25, 0.3) is 0 Å². The average Bonchev–Trinajstić information content (AvgIpc) is 2.82. The zero-order valence-electron chi connectivity index (χ0n) is 20.5. The Balaban J connectivity index is 1.35. The van der Waals surface area contributed by atoms with Crippen molar-refractivity contribution in [3.63, 3.8) is 0 Å². The van der Waals surface area contributed by atoms with E-state index in [0.717, 1.165) is 35.7 Å². The van der Waals surface area contributed by atoms with Gasteiger partial charge in [0.25, 0.3) is 0 Å². The Morgan fingerprint density at radius 3 is 2.50 bits per heavy atom. The van der Waals surface area contributed by atoms with Crippen molar-refractivity contribution in [2.45, 2.75) is 44.6 Å². The third kappa shape index (κ3) is 4.93. The van der Waals surface area contributed by atoms with E-state index < -0.39 is 10.0 Å². The number of anilines is 1. The molecule has 0 aromatic heterocycles. The molecule has 0 aliphatic carbocycles. The van der Waals surface area contributed by atoms with E-state index >= 15 is 0 Å². The molecule has 0 N–H and O–H groups in total. The highest BCUT2D eigenvalue weighted by atomic mass is 32.2. The number of fused-ring (bicyclic) bond motifs is 1. The lowest BCUT2D eigenvalue weighted by Gasteiger charge is -2.38. The molecule has 2 aliphatic heterocycles. The Labute approximate surface area is 203 Å². The number of likely N-dealkylation sites (N-methyl/N-ethyl adjacent to an activating group) is 2. The third-order valence-electron chi connectivity index (χ3n) is 6.91. The number of sulfonamides is 1. The predicted molar refractivity (Wildman–Crippen MR) is 134 cm³/mol. The smallest absolute Gasteiger partial charge is 0.243 e. The largest absolute Gasteiger partial charge is 0.485 e. The molecular formula is C26H35N3O4S. The normalized spacial score (nSPS) is 19.4. The van der Waals surface area contributed by atoms with E-state index in [1.807, 2.05) is 51.2 Å². The molecule has 34 heavy (non-hydrogen) atoms. The lowest BCUT2D eigenvalue weighted by atomic mass is 9.96. The fourth-order valence-electron chi connectivity index (χ4n) is 5.05. The van der Waals surface area contributed by atoms with E-state index in [4.69, 9.17) is 4.74 Å². The molecule has 0 saturated carbocycles. The third-order valence-corrected chi connectivity index (χ3v) is 8.97. The van der Waals surface area contributed by atoms with Crippen molar-refractivity contribution in [1.82, 2.24) is 9.21 Å². The fraction of sp³-hybridized carbons (Fsp3) is 0.500. The molecule has 0 radical (unpaired) electrons. The Bertz CT molecular complexity index is 1140. The van der Waals surface area contributed by atoms with Crippen LogP contribution >= 0.6 is 0 Å². The van der Waals surface area contributed by atoms with Gasteiger partial charge in [0.2, 0.25) is 15.9 Å². The van der Waals surface area contributed by atoms with Crippen LogP contribution in [0.3, 0.4) is 0 Å². The Morgan fingerprint density at radius 2 is 1.82 bits per heavy atom. The number of carbonyl (C=O) groups excluding carboxylic acids is 1. The van der Waals surface area contributed by atoms with Crippen LogP contribution in [0.1, 0.15) is 30.9 Å². The van der Waals surface area contributed by atoms with Gasteiger partial charge in [0.05, 0.1) is 23.7 Å². The van der Waals surface area contributed by atoms with Gasteiger partial charge in [-0.05, 0) is 57.4 Å². The van der Waals surface area contributed by atoms with E-state index in [-0.39, 0.29) is 17.9 Å². The molecule has 1 saturated heterocycles. The van der Waals surface area contributed by atoms with E-state index in [1.54, 1.807) is 11.0 Å². The molecular weight excluding hydrogens is 450 g/mol. The number of hydrogen-bond acceptors (Lipinski definition) is 5. The Hall–Kier alpha value is -2.58. The summed E-state index contributed by atoms with van der Waals surface area (Å²) in [6.45, 7) is 8.73. The number of para-hydroxylation sites is 2. The number of amides is 1. The second-order valence-electron chi connectivity index (χ2n) is 9.41. The van der Waals surface area contributed by atoms with Crippen molar-refractivity contribution in [2.24, 2.45) is 5.92 Å². The van der Waals surface area contributed by atoms with Crippen molar-refractivity contribution in [3.05, 3.63) is 53.6 Å². The summed E-state index contributed by atoms with van der Waals surface area (Å²) in [6.07, 6.45) is 0.958. The van der Waals surface area contributed by atoms with E-state index in [9.17, 15) is 13.2 Å². The van der Waals surface area contributed by atoms with Crippen LogP contribution < -0.4 is 9.64 Å². The first-order valence-electron chi connectivity index (χ1n) is 12.0. The van der Waals surface area contributed by atoms with Crippen molar-refractivity contribution in [1.29, 1.82) is 0 Å². The molecule has 0 spiro atoms. The maximum atomic E-state index is 13.2. The van der Waals surface area contributed by atoms with Gasteiger partial charge in [0, 0.05) is 32.6 Å². The van der Waals surface area contributed by atoms with Crippen molar-refractivity contribution < 1.29 is 17.9 Å². The minimum atomic E-state index is -3.56. The monoisotopic (exact) mass is 485 g/mol. The number of benzene rings is 2. The molecule has 2 aromatic rings. The highest BCUT2D eigenvalue weighted by molar-refractivity contribution is 7.89. The number of piperidine rings is 1. The first-order valence-corrected chi connectivity index (χ1v) is 13.5. The number of ether oxygens (including phenoxy) is 1. The molecule has 1 fully saturated rings. The standard InChI is InChI=1S/C26H35N3O4S/c1-5-28-18-22(33-24-9-7-6-8-23(24)28)17-27(4)26(30)21-12-14-29(15-13-21)34(31,32)25-11-10-19(2)16-20(25)3/h6-11,16,21-22H,5,12-15,17-18H2,1-4H3/t22-/m0/s1. The van der Waals surface area contributed by atoms with Gasteiger partial charge in [-0.15, -0.1) is 0 Å². The molecule has 2 heterocycles. The van der Waals surface area contributed by atoms with E-state index in [0.29, 0.717) is 37.4 Å². The highest BCUT2D eigenvalue weighted by Crippen LogP contribution is 2.33. The van der Waals surface area contributed by atoms with Crippen LogP contribution in [0.15, 0.2) is 47.4 Å². The molecule has 8 heteroatoms. The van der Waals surface area contributed by atoms with Crippen LogP contribution in [0.4, 0.5) is 5.69 Å². The lowest BCUT2D eigenvalue weighted by Crippen LogP contribution is -2.49. The van der Waals surface area contributed by atoms with Gasteiger partial charge in [0.1, 0.15) is 11.9 Å². The zero-order valence-corrected chi connectivity index (χ0v) is 21.3. The fourth-order valence-corrected chi connectivity index (χ4v) is 6.73. The molecule has 2 aliphatic rings. The molecule has 0 unspecified atom stereocenters. The van der Waals surface area contributed by atoms with Crippen molar-refractivity contribution >= 4 is 21.6 Å². The first kappa shape index (κ1) is 24.5. The SMILES string of the molecule is CCN1C[C@H](CN(C)C(=O)C2CCN(S(=O)(=O)c3ccc(C)cc3C)CC2)Oc2ccccc21. The highest BCUT2D eigenvalue weighted by Gasteiger charge is 2.35. The van der Waals surface area contributed by atoms with Crippen LogP contribution in [0, 0.1) is 19.8 Å². The van der Waals surface area contributed by atoms with Gasteiger partial charge >= 0.3 is 0 Å². The van der Waals surface area contributed by atoms with Gasteiger partial charge < -0.3 is 14.5 Å². The summed E-state index contributed by atoms with van der Waals surface area (Å²) < 4.78 is 34.0. The summed E-state index contributed by atoms with van der Waals surface area (Å²) in [7, 11) is -1.74. The molecule has 184 valence electrons. The first-order chi connectivity index (χ1) is 16.2. The molecule has 7 nitrogen and oxygen atoms in total. The van der Waals surface area contributed by atoms with E-state index in [1.165, 1.54) is 4.31 Å². The second kappa shape index (κ2) is 9.96. The summed E-state index contributed by atoms with van der Waals surface area (Å²) in [6, 6.07) is 13.4. The average molecular weight is 486 g/mol. The van der Waals surface area contributed by atoms with Crippen LogP contribution in [-0.2, 0) is 14.8 Å². The number of hydrogen-bond donors (Lipinski definition) is 0. The summed E-state index contributed by atoms with van der Waals surface area (Å²) in [4.78, 5) is 17.6. The zero-order chi connectivity index (χ0) is 24.5. The maximum absolute atomic E-state index is 13.2. The van der Waals surface area contributed by atoms with Crippen LogP contribution in [0.5, 0.6) is 5.75 Å². The Morgan fingerprint density at radius 1 is 1.12 bits per heavy atom. The summed E-state index contributed by atoms with van der Waals surface area (Å²) >= 11 is 0. The topological polar surface area (TPSA) is 70.2 Å². The second-order valence-corrected chi connectivity index (χ2v) is 11.3. The summed E-state index contributed by atoms with van der Waals surface area (Å²) in [5.74, 6) is 0.745. The van der Waals surface area contributed by atoms with Crippen LogP contribution in [-0.4, -0.2) is 69.4 Å². The lowest BCUT2D eigenvalue weighted by molar-refractivity contribution is -0.136. The molecule has 0 bridgehead atoms. The van der Waals surface area contributed by atoms with Gasteiger partial charge in [-0.25, -0.2) is 8.42 Å². The number of carbonyl (C=O) groups is 1. The van der Waals surface area contributed by atoms with Crippen LogP contribution in [0.2, 0.25) is 0 Å². The minimum absolute atomic E-state index is 0.0640. The van der Waals surface area contributed by atoms with E-state index in [2.05, 4.69) is 17.9 Å². The summed E-state index contributed by atoms with van der Waals surface area (Å²) in [5.41, 5.74) is 2.89. The van der Waals surface area contributed by atoms with Gasteiger partial charge in [-0.3, -0.25) is 4.79 Å². The van der Waals surface area contributed by atoms with Gasteiger partial charge in [0.15, 0.2) is 0 Å². The Kier molecular flexibility index (Phi) is 7.19. The number of nitrogens with zero attached hydrogens (tertiary/aromatic N) is 3. The van der Waals surface area contributed by atoms with Crippen molar-refractivity contribution in [2.75, 3.05) is 44.7 Å². The quantitative estimate of drug-likeness (QED) is 0.627. The van der Waals surface area contributed by atoms with Gasteiger partial charge in [-0.1, -0.05) is 29.8 Å². The predicted octanol–water partition coefficient (Wildman–Crippen LogP) is 3.45. The molecule has 4 rings (SSSR count). The molecule has 1 amide bonds. The van der Waals surface area contributed by atoms with Crippen molar-refractivity contribution in [3.8, 4) is 5.75 Å².